The molecule has 0 amide bonds. The number of carbonyl (C=O) groups is 1. The van der Waals surface area contributed by atoms with Crippen LogP contribution in [0.1, 0.15) is 41.9 Å². The topological polar surface area (TPSA) is 83.1 Å². The number of nitrogens with zero attached hydrogens (tertiary/aromatic N) is 2. The molecule has 1 fully saturated rings. The number of hydrogen-bond acceptors (Lipinski definition) is 4. The molecule has 0 radical (unpaired) electrons. The Morgan fingerprint density at radius 3 is 2.39 bits per heavy atom. The molecule has 1 aromatic carbocycles. The van der Waals surface area contributed by atoms with Crippen LogP contribution < -0.4 is 0 Å². The van der Waals surface area contributed by atoms with E-state index in [4.69, 9.17) is 0 Å². The molecule has 2 heterocycles. The predicted octanol–water partition coefficient (Wildman–Crippen LogP) is 2.18. The Morgan fingerprint density at radius 1 is 1.22 bits per heavy atom. The van der Waals surface area contributed by atoms with Crippen molar-refractivity contribution < 1.29 is 13.2 Å². The van der Waals surface area contributed by atoms with Gasteiger partial charge in [-0.1, -0.05) is 12.1 Å². The first-order valence-corrected chi connectivity index (χ1v) is 9.03. The van der Waals surface area contributed by atoms with E-state index in [9.17, 15) is 13.2 Å². The summed E-state index contributed by atoms with van der Waals surface area (Å²) in [5.41, 5.74) is 0.514. The van der Waals surface area contributed by atoms with E-state index in [0.29, 0.717) is 18.7 Å². The summed E-state index contributed by atoms with van der Waals surface area (Å²) < 4.78 is 26.9. The molecule has 2 aromatic rings. The number of hydrogen-bond donors (Lipinski definition) is 1. The van der Waals surface area contributed by atoms with Crippen molar-refractivity contribution in [3.8, 4) is 0 Å². The number of imidazole rings is 1. The van der Waals surface area contributed by atoms with E-state index in [1.807, 2.05) is 0 Å². The first kappa shape index (κ1) is 15.9. The standard InChI is InChI=1S/C16H19N3O3S/c1-12(20)13-2-4-15(5-3-13)23(21,22)19-10-6-14(7-11-19)16-17-8-9-18-16/h2-5,8-9,14H,6-7,10-11H2,1H3,(H,17,18). The van der Waals surface area contributed by atoms with Crippen LogP contribution in [-0.2, 0) is 10.0 Å². The molecule has 0 aliphatic carbocycles. The van der Waals surface area contributed by atoms with E-state index >= 15 is 0 Å². The van der Waals surface area contributed by atoms with Crippen molar-refractivity contribution >= 4 is 15.8 Å². The molecule has 23 heavy (non-hydrogen) atoms. The Labute approximate surface area is 135 Å². The Hall–Kier alpha value is -1.99. The fraction of sp³-hybridized carbons (Fsp3) is 0.375. The number of aromatic nitrogens is 2. The highest BCUT2D eigenvalue weighted by molar-refractivity contribution is 7.89. The van der Waals surface area contributed by atoms with Crippen molar-refractivity contribution in [1.82, 2.24) is 14.3 Å². The van der Waals surface area contributed by atoms with Gasteiger partial charge in [0.1, 0.15) is 5.82 Å². The van der Waals surface area contributed by atoms with Crippen LogP contribution in [0.2, 0.25) is 0 Å². The maximum absolute atomic E-state index is 12.7. The third kappa shape index (κ3) is 3.20. The molecular weight excluding hydrogens is 314 g/mol. The number of benzene rings is 1. The summed E-state index contributed by atoms with van der Waals surface area (Å²) in [4.78, 5) is 18.9. The fourth-order valence-electron chi connectivity index (χ4n) is 2.88. The van der Waals surface area contributed by atoms with Gasteiger partial charge in [-0.2, -0.15) is 4.31 Å². The first-order chi connectivity index (χ1) is 11.0. The summed E-state index contributed by atoms with van der Waals surface area (Å²) in [6.45, 7) is 2.41. The van der Waals surface area contributed by atoms with Gasteiger partial charge in [-0.15, -0.1) is 0 Å². The number of piperidine rings is 1. The Morgan fingerprint density at radius 2 is 1.87 bits per heavy atom. The van der Waals surface area contributed by atoms with E-state index in [1.54, 1.807) is 24.5 Å². The lowest BCUT2D eigenvalue weighted by atomic mass is 9.98. The van der Waals surface area contributed by atoms with Crippen molar-refractivity contribution in [2.45, 2.75) is 30.6 Å². The third-order valence-corrected chi connectivity index (χ3v) is 6.17. The van der Waals surface area contributed by atoms with Crippen molar-refractivity contribution in [2.75, 3.05) is 13.1 Å². The van der Waals surface area contributed by atoms with Crippen LogP contribution in [0.4, 0.5) is 0 Å². The third-order valence-electron chi connectivity index (χ3n) is 4.26. The molecule has 1 N–H and O–H groups in total. The minimum atomic E-state index is -3.51. The van der Waals surface area contributed by atoms with E-state index in [0.717, 1.165) is 18.7 Å². The lowest BCUT2D eigenvalue weighted by molar-refractivity contribution is 0.101. The molecule has 0 atom stereocenters. The second kappa shape index (κ2) is 6.25. The van der Waals surface area contributed by atoms with Gasteiger partial charge in [-0.25, -0.2) is 13.4 Å². The van der Waals surface area contributed by atoms with Crippen LogP contribution in [0, 0.1) is 0 Å². The molecule has 0 bridgehead atoms. The van der Waals surface area contributed by atoms with Gasteiger partial charge in [0.2, 0.25) is 10.0 Å². The number of ketones is 1. The van der Waals surface area contributed by atoms with Crippen LogP contribution >= 0.6 is 0 Å². The summed E-state index contributed by atoms with van der Waals surface area (Å²) in [5, 5.41) is 0. The Balaban J connectivity index is 1.72. The van der Waals surface area contributed by atoms with E-state index < -0.39 is 10.0 Å². The second-order valence-electron chi connectivity index (χ2n) is 5.73. The summed E-state index contributed by atoms with van der Waals surface area (Å²) >= 11 is 0. The Bertz CT molecular complexity index is 774. The molecule has 3 rings (SSSR count). The average Bonchev–Trinajstić information content (AvgIpc) is 3.09. The first-order valence-electron chi connectivity index (χ1n) is 7.59. The summed E-state index contributed by atoms with van der Waals surface area (Å²) in [6.07, 6.45) is 5.00. The quantitative estimate of drug-likeness (QED) is 0.869. The molecule has 0 spiro atoms. The highest BCUT2D eigenvalue weighted by Crippen LogP contribution is 2.28. The second-order valence-corrected chi connectivity index (χ2v) is 7.67. The molecule has 1 saturated heterocycles. The van der Waals surface area contributed by atoms with Crippen LogP contribution in [0.15, 0.2) is 41.6 Å². The van der Waals surface area contributed by atoms with Gasteiger partial charge in [0, 0.05) is 37.0 Å². The molecular formula is C16H19N3O3S. The fourth-order valence-corrected chi connectivity index (χ4v) is 4.35. The van der Waals surface area contributed by atoms with Crippen molar-refractivity contribution in [3.63, 3.8) is 0 Å². The van der Waals surface area contributed by atoms with Gasteiger partial charge in [0.05, 0.1) is 4.90 Å². The van der Waals surface area contributed by atoms with Gasteiger partial charge >= 0.3 is 0 Å². The van der Waals surface area contributed by atoms with Crippen LogP contribution in [0.25, 0.3) is 0 Å². The maximum Gasteiger partial charge on any atom is 0.243 e. The predicted molar refractivity (Wildman–Crippen MR) is 85.8 cm³/mol. The number of Topliss-reactive ketones (excluding diaryl/α,β-unsaturated/α-hetero) is 1. The van der Waals surface area contributed by atoms with Gasteiger partial charge in [-0.05, 0) is 31.9 Å². The highest BCUT2D eigenvalue weighted by atomic mass is 32.2. The summed E-state index contributed by atoms with van der Waals surface area (Å²) in [6, 6.07) is 6.13. The smallest absolute Gasteiger partial charge is 0.243 e. The zero-order valence-corrected chi connectivity index (χ0v) is 13.7. The van der Waals surface area contributed by atoms with Gasteiger partial charge in [0.25, 0.3) is 0 Å². The van der Waals surface area contributed by atoms with Crippen LogP contribution in [0.5, 0.6) is 0 Å². The zero-order chi connectivity index (χ0) is 16.4. The summed E-state index contributed by atoms with van der Waals surface area (Å²) in [7, 11) is -3.51. The number of H-pyrrole nitrogens is 1. The number of sulfonamides is 1. The SMILES string of the molecule is CC(=O)c1ccc(S(=O)(=O)N2CCC(c3ncc[nH]3)CC2)cc1. The molecule has 1 aromatic heterocycles. The molecule has 1 aliphatic heterocycles. The summed E-state index contributed by atoms with van der Waals surface area (Å²) in [5.74, 6) is 1.12. The monoisotopic (exact) mass is 333 g/mol. The molecule has 0 saturated carbocycles. The molecule has 6 nitrogen and oxygen atoms in total. The minimum absolute atomic E-state index is 0.0757. The van der Waals surface area contributed by atoms with E-state index in [1.165, 1.54) is 23.4 Å². The van der Waals surface area contributed by atoms with Crippen molar-refractivity contribution in [3.05, 3.63) is 48.0 Å². The highest BCUT2D eigenvalue weighted by Gasteiger charge is 2.30. The lowest BCUT2D eigenvalue weighted by Gasteiger charge is -2.30. The maximum atomic E-state index is 12.7. The Kier molecular flexibility index (Phi) is 4.32. The zero-order valence-electron chi connectivity index (χ0n) is 12.9. The van der Waals surface area contributed by atoms with Crippen molar-refractivity contribution in [1.29, 1.82) is 0 Å². The normalized spacial score (nSPS) is 17.3. The number of aromatic amines is 1. The average molecular weight is 333 g/mol. The van der Waals surface area contributed by atoms with Crippen molar-refractivity contribution in [2.24, 2.45) is 0 Å². The molecule has 7 heteroatoms. The number of nitrogens with one attached hydrogen (secondary N) is 1. The van der Waals surface area contributed by atoms with Crippen LogP contribution in [0.3, 0.4) is 0 Å². The van der Waals surface area contributed by atoms with E-state index in [-0.39, 0.29) is 16.6 Å². The van der Waals surface area contributed by atoms with Gasteiger partial charge < -0.3 is 4.98 Å². The van der Waals surface area contributed by atoms with Gasteiger partial charge in [-0.3, -0.25) is 4.79 Å². The molecule has 0 unspecified atom stereocenters. The van der Waals surface area contributed by atoms with Gasteiger partial charge in [0.15, 0.2) is 5.78 Å². The number of carbonyl (C=O) groups excluding carboxylic acids is 1. The molecule has 122 valence electrons. The van der Waals surface area contributed by atoms with E-state index in [2.05, 4.69) is 9.97 Å². The largest absolute Gasteiger partial charge is 0.348 e. The number of rotatable bonds is 4. The minimum Gasteiger partial charge on any atom is -0.348 e. The lowest BCUT2D eigenvalue weighted by Crippen LogP contribution is -2.38. The van der Waals surface area contributed by atoms with Crippen LogP contribution in [-0.4, -0.2) is 41.6 Å². The molecule has 1 aliphatic rings.